The zero-order valence-corrected chi connectivity index (χ0v) is 16.7. The van der Waals surface area contributed by atoms with Gasteiger partial charge in [0.05, 0.1) is 10.0 Å². The number of amides is 1. The molecule has 1 aliphatic heterocycles. The number of hydrogen-bond acceptors (Lipinski definition) is 4. The first kappa shape index (κ1) is 21.8. The lowest BCUT2D eigenvalue weighted by Crippen LogP contribution is -2.30. The van der Waals surface area contributed by atoms with E-state index in [2.05, 4.69) is 5.32 Å². The number of nitrogens with one attached hydrogen (secondary N) is 1. The van der Waals surface area contributed by atoms with E-state index in [1.807, 2.05) is 0 Å². The lowest BCUT2D eigenvalue weighted by molar-refractivity contribution is 0.102. The van der Waals surface area contributed by atoms with Crippen molar-refractivity contribution in [3.63, 3.8) is 0 Å². The van der Waals surface area contributed by atoms with Gasteiger partial charge in [-0.1, -0.05) is 23.2 Å². The summed E-state index contributed by atoms with van der Waals surface area (Å²) in [7, 11) is -4.29. The van der Waals surface area contributed by atoms with Crippen molar-refractivity contribution in [1.29, 1.82) is 0 Å². The number of benzene rings is 2. The minimum absolute atomic E-state index is 0.152. The largest absolute Gasteiger partial charge is 0.389 e. The van der Waals surface area contributed by atoms with Crippen molar-refractivity contribution < 1.29 is 31.5 Å². The number of carbonyl (C=O) groups is 1. The summed E-state index contributed by atoms with van der Waals surface area (Å²) < 4.78 is 66.4. The summed E-state index contributed by atoms with van der Waals surface area (Å²) in [5, 5.41) is 11.0. The number of alkyl halides is 1. The highest BCUT2D eigenvalue weighted by Gasteiger charge is 2.39. The van der Waals surface area contributed by atoms with E-state index < -0.39 is 62.8 Å². The molecular weight excluding hydrogens is 456 g/mol. The van der Waals surface area contributed by atoms with E-state index in [-0.39, 0.29) is 16.3 Å². The molecule has 0 saturated carbocycles. The van der Waals surface area contributed by atoms with Gasteiger partial charge in [0.25, 0.3) is 5.91 Å². The molecule has 2 unspecified atom stereocenters. The molecule has 29 heavy (non-hydrogen) atoms. The summed E-state index contributed by atoms with van der Waals surface area (Å²) in [4.78, 5) is 12.0. The average molecular weight is 469 g/mol. The SMILES string of the molecule is O=C(Nc1cc(F)c(F)c(Cl)c1)c1ccc(Cl)c(S(=O)(=O)N2CC(O)C(F)C2)c1. The monoisotopic (exact) mass is 468 g/mol. The first-order valence-corrected chi connectivity index (χ1v) is 10.3. The number of aliphatic hydroxyl groups excluding tert-OH is 1. The molecule has 2 N–H and O–H groups in total. The molecule has 2 atom stereocenters. The van der Waals surface area contributed by atoms with E-state index in [0.29, 0.717) is 6.07 Å². The predicted octanol–water partition coefficient (Wildman–Crippen LogP) is 3.23. The Labute approximate surface area is 173 Å². The second-order valence-corrected chi connectivity index (χ2v) is 8.98. The van der Waals surface area contributed by atoms with Gasteiger partial charge in [-0.15, -0.1) is 0 Å². The number of β-amino-alcohol motifs (C(OH)–C–C–N with tert-alkyl or cyclic N) is 1. The van der Waals surface area contributed by atoms with Gasteiger partial charge in [0.2, 0.25) is 10.0 Å². The van der Waals surface area contributed by atoms with E-state index in [0.717, 1.165) is 22.5 Å². The highest BCUT2D eigenvalue weighted by Crippen LogP contribution is 2.30. The molecule has 6 nitrogen and oxygen atoms in total. The summed E-state index contributed by atoms with van der Waals surface area (Å²) >= 11 is 11.5. The van der Waals surface area contributed by atoms with E-state index in [1.54, 1.807) is 0 Å². The molecule has 156 valence electrons. The van der Waals surface area contributed by atoms with Gasteiger partial charge < -0.3 is 10.4 Å². The van der Waals surface area contributed by atoms with Crippen LogP contribution in [0.5, 0.6) is 0 Å². The Morgan fingerprint density at radius 1 is 1.14 bits per heavy atom. The minimum Gasteiger partial charge on any atom is -0.389 e. The molecule has 3 rings (SSSR count). The smallest absolute Gasteiger partial charge is 0.255 e. The topological polar surface area (TPSA) is 86.7 Å². The maximum absolute atomic E-state index is 13.5. The van der Waals surface area contributed by atoms with Crippen LogP contribution in [0.1, 0.15) is 10.4 Å². The third kappa shape index (κ3) is 4.36. The van der Waals surface area contributed by atoms with Crippen LogP contribution in [0.2, 0.25) is 10.0 Å². The lowest BCUT2D eigenvalue weighted by atomic mass is 10.2. The van der Waals surface area contributed by atoms with Gasteiger partial charge in [-0.05, 0) is 24.3 Å². The van der Waals surface area contributed by atoms with E-state index >= 15 is 0 Å². The fourth-order valence-electron chi connectivity index (χ4n) is 2.72. The normalized spacial score (nSPS) is 20.1. The summed E-state index contributed by atoms with van der Waals surface area (Å²) in [6.07, 6.45) is -3.21. The number of carbonyl (C=O) groups excluding carboxylic acids is 1. The van der Waals surface area contributed by atoms with Crippen molar-refractivity contribution in [1.82, 2.24) is 4.31 Å². The van der Waals surface area contributed by atoms with Crippen LogP contribution >= 0.6 is 23.2 Å². The van der Waals surface area contributed by atoms with Crippen molar-refractivity contribution in [3.8, 4) is 0 Å². The quantitative estimate of drug-likeness (QED) is 0.674. The van der Waals surface area contributed by atoms with Crippen LogP contribution in [0.3, 0.4) is 0 Å². The van der Waals surface area contributed by atoms with Gasteiger partial charge in [-0.25, -0.2) is 21.6 Å². The zero-order valence-electron chi connectivity index (χ0n) is 14.4. The Hall–Kier alpha value is -1.85. The molecule has 0 aliphatic carbocycles. The number of halogens is 5. The van der Waals surface area contributed by atoms with Gasteiger partial charge in [-0.3, -0.25) is 4.79 Å². The van der Waals surface area contributed by atoms with Crippen LogP contribution in [-0.4, -0.2) is 49.1 Å². The van der Waals surface area contributed by atoms with Crippen LogP contribution in [-0.2, 0) is 10.0 Å². The van der Waals surface area contributed by atoms with Crippen molar-refractivity contribution in [3.05, 3.63) is 57.6 Å². The second kappa shape index (κ2) is 8.11. The maximum atomic E-state index is 13.5. The Morgan fingerprint density at radius 3 is 2.41 bits per heavy atom. The van der Waals surface area contributed by atoms with Crippen LogP contribution in [0.15, 0.2) is 35.2 Å². The van der Waals surface area contributed by atoms with Gasteiger partial charge in [-0.2, -0.15) is 4.31 Å². The summed E-state index contributed by atoms with van der Waals surface area (Å²) in [5.41, 5.74) is -0.313. The number of sulfonamides is 1. The fourth-order valence-corrected chi connectivity index (χ4v) is 4.90. The summed E-state index contributed by atoms with van der Waals surface area (Å²) in [6, 6.07) is 5.03. The van der Waals surface area contributed by atoms with Gasteiger partial charge >= 0.3 is 0 Å². The van der Waals surface area contributed by atoms with E-state index in [4.69, 9.17) is 23.2 Å². The summed E-state index contributed by atoms with van der Waals surface area (Å²) in [5.74, 6) is -3.39. The Bertz CT molecular complexity index is 1050. The molecule has 2 aromatic rings. The van der Waals surface area contributed by atoms with Crippen LogP contribution in [0.4, 0.5) is 18.9 Å². The number of aliphatic hydroxyl groups is 1. The number of anilines is 1. The van der Waals surface area contributed by atoms with Crippen molar-refractivity contribution in [2.75, 3.05) is 18.4 Å². The lowest BCUT2D eigenvalue weighted by Gasteiger charge is -2.17. The molecule has 12 heteroatoms. The molecule has 1 amide bonds. The van der Waals surface area contributed by atoms with Gasteiger partial charge in [0, 0.05) is 30.4 Å². The molecular formula is C17H13Cl2F3N2O4S. The fraction of sp³-hybridized carbons (Fsp3) is 0.235. The molecule has 0 aromatic heterocycles. The number of hydrogen-bond donors (Lipinski definition) is 2. The van der Waals surface area contributed by atoms with Crippen LogP contribution in [0.25, 0.3) is 0 Å². The Kier molecular flexibility index (Phi) is 6.11. The predicted molar refractivity (Wildman–Crippen MR) is 100 cm³/mol. The Morgan fingerprint density at radius 2 is 1.83 bits per heavy atom. The Balaban J connectivity index is 1.90. The number of nitrogens with zero attached hydrogens (tertiary/aromatic N) is 1. The highest BCUT2D eigenvalue weighted by molar-refractivity contribution is 7.89. The highest BCUT2D eigenvalue weighted by atomic mass is 35.5. The molecule has 1 fully saturated rings. The van der Waals surface area contributed by atoms with Gasteiger partial charge in [0.1, 0.15) is 17.2 Å². The number of rotatable bonds is 4. The summed E-state index contributed by atoms with van der Waals surface area (Å²) in [6.45, 7) is -1.01. The maximum Gasteiger partial charge on any atom is 0.255 e. The van der Waals surface area contributed by atoms with E-state index in [9.17, 15) is 31.5 Å². The van der Waals surface area contributed by atoms with Crippen LogP contribution in [0, 0.1) is 11.6 Å². The van der Waals surface area contributed by atoms with Gasteiger partial charge in [0.15, 0.2) is 11.6 Å². The third-order valence-corrected chi connectivity index (χ3v) is 6.83. The molecule has 1 aliphatic rings. The molecule has 2 aromatic carbocycles. The van der Waals surface area contributed by atoms with Crippen molar-refractivity contribution in [2.24, 2.45) is 0 Å². The van der Waals surface area contributed by atoms with Crippen molar-refractivity contribution in [2.45, 2.75) is 17.2 Å². The first-order valence-electron chi connectivity index (χ1n) is 8.08. The van der Waals surface area contributed by atoms with Crippen LogP contribution < -0.4 is 5.32 Å². The average Bonchev–Trinajstić information content (AvgIpc) is 2.99. The standard InChI is InChI=1S/C17H13Cl2F3N2O4S/c18-10-2-1-8(17(26)23-9-4-11(19)16(22)12(20)5-9)3-15(10)29(27,28)24-6-13(21)14(25)7-24/h1-5,13-14,25H,6-7H2,(H,23,26). The molecule has 0 spiro atoms. The van der Waals surface area contributed by atoms with E-state index in [1.165, 1.54) is 6.07 Å². The third-order valence-electron chi connectivity index (χ3n) is 4.24. The zero-order chi connectivity index (χ0) is 21.5. The van der Waals surface area contributed by atoms with Crippen molar-refractivity contribution >= 4 is 44.8 Å². The second-order valence-electron chi connectivity index (χ2n) is 6.26. The molecule has 0 bridgehead atoms. The minimum atomic E-state index is -4.29. The molecule has 0 radical (unpaired) electrons. The first-order chi connectivity index (χ1) is 13.5. The molecule has 1 heterocycles. The molecule has 1 saturated heterocycles.